The molecule has 0 saturated heterocycles. The second kappa shape index (κ2) is 14.0. The molecule has 1 heterocycles. The number of hydrogen-bond donors (Lipinski definition) is 1. The van der Waals surface area contributed by atoms with Gasteiger partial charge in [0.15, 0.2) is 0 Å². The van der Waals surface area contributed by atoms with Crippen LogP contribution in [0.15, 0.2) is 47.4 Å². The van der Waals surface area contributed by atoms with Gasteiger partial charge in [0.25, 0.3) is 15.6 Å². The lowest BCUT2D eigenvalue weighted by Crippen LogP contribution is -2.54. The van der Waals surface area contributed by atoms with E-state index in [2.05, 4.69) is 12.8 Å². The van der Waals surface area contributed by atoms with E-state index in [1.807, 2.05) is 0 Å². The number of rotatable bonds is 6. The van der Waals surface area contributed by atoms with Gasteiger partial charge in [0.05, 0.1) is 17.2 Å². The Morgan fingerprint density at radius 2 is 1.59 bits per heavy atom. The molecule has 1 N–H and O–H groups in total. The first-order valence-corrected chi connectivity index (χ1v) is 13.1. The summed E-state index contributed by atoms with van der Waals surface area (Å²) in [4.78, 5) is 11.8. The third-order valence-corrected chi connectivity index (χ3v) is 7.79. The molecule has 0 aromatic heterocycles. The average Bonchev–Trinajstić information content (AvgIpc) is 2.90. The highest BCUT2D eigenvalue weighted by Gasteiger charge is 2.71. The van der Waals surface area contributed by atoms with Crippen LogP contribution in [0, 0.1) is 18.7 Å². The Labute approximate surface area is 233 Å². The summed E-state index contributed by atoms with van der Waals surface area (Å²) in [6.45, 7) is 2.74. The first kappa shape index (κ1) is 35.7. The van der Waals surface area contributed by atoms with Gasteiger partial charge in [-0.3, -0.25) is 9.10 Å². The predicted octanol–water partition coefficient (Wildman–Crippen LogP) is 4.64. The molecule has 3 rings (SSSR count). The summed E-state index contributed by atoms with van der Waals surface area (Å²) >= 11 is 0. The minimum absolute atomic E-state index is 0.00437. The molecule has 41 heavy (non-hydrogen) atoms. The number of methoxy groups -OCH3 is 1. The van der Waals surface area contributed by atoms with Crippen molar-refractivity contribution in [1.82, 2.24) is 4.90 Å². The smallest absolute Gasteiger partial charge is 0.383 e. The van der Waals surface area contributed by atoms with Crippen LogP contribution in [0.25, 0.3) is 0 Å². The number of benzene rings is 2. The lowest BCUT2D eigenvalue weighted by molar-refractivity contribution is -0.376. The zero-order chi connectivity index (χ0) is 31.8. The van der Waals surface area contributed by atoms with E-state index in [4.69, 9.17) is 4.74 Å². The molecule has 0 bridgehead atoms. The number of aliphatic hydroxyl groups is 1. The Hall–Kier alpha value is -3.35. The molecule has 0 atom stereocenters. The van der Waals surface area contributed by atoms with Crippen molar-refractivity contribution in [3.8, 4) is 12.8 Å². The zero-order valence-electron chi connectivity index (χ0n) is 22.3. The molecule has 0 saturated carbocycles. The van der Waals surface area contributed by atoms with Gasteiger partial charge in [-0.05, 0) is 48.7 Å². The topological polar surface area (TPSA) is 87.2 Å². The Balaban J connectivity index is 0.000000653. The summed E-state index contributed by atoms with van der Waals surface area (Å²) in [5.74, 6) is -0.608. The molecule has 2 aromatic rings. The van der Waals surface area contributed by atoms with Crippen LogP contribution >= 0.6 is 0 Å². The van der Waals surface area contributed by atoms with Crippen LogP contribution in [0.4, 0.5) is 36.4 Å². The van der Waals surface area contributed by atoms with Gasteiger partial charge in [-0.2, -0.15) is 26.3 Å². The van der Waals surface area contributed by atoms with Gasteiger partial charge in [0, 0.05) is 39.7 Å². The van der Waals surface area contributed by atoms with Crippen molar-refractivity contribution in [3.05, 3.63) is 59.4 Å². The van der Waals surface area contributed by atoms with Crippen molar-refractivity contribution < 1.29 is 53.8 Å². The molecule has 7 nitrogen and oxygen atoms in total. The van der Waals surface area contributed by atoms with Crippen LogP contribution in [-0.4, -0.2) is 70.5 Å². The highest BCUT2D eigenvalue weighted by molar-refractivity contribution is 7.92. The minimum Gasteiger partial charge on any atom is -0.383 e. The quantitative estimate of drug-likeness (QED) is 0.379. The highest BCUT2D eigenvalue weighted by Crippen LogP contribution is 2.51. The minimum atomic E-state index is -6.05. The number of nitrogens with zero attached hydrogens (tertiary/aromatic N) is 2. The number of fused-ring (bicyclic) bond motifs is 1. The molecule has 0 fully saturated rings. The van der Waals surface area contributed by atoms with Gasteiger partial charge in [-0.1, -0.05) is 12.1 Å². The lowest BCUT2D eigenvalue weighted by atomic mass is 9.89. The van der Waals surface area contributed by atoms with Crippen molar-refractivity contribution >= 4 is 21.6 Å². The molecule has 2 aromatic carbocycles. The number of hydrogen-bond acceptors (Lipinski definition) is 5. The molecule has 228 valence electrons. The summed E-state index contributed by atoms with van der Waals surface area (Å²) in [5, 5.41) is 9.57. The molecule has 0 radical (unpaired) electrons. The summed E-state index contributed by atoms with van der Waals surface area (Å²) in [7, 11) is -0.867. The third-order valence-electron chi connectivity index (χ3n) is 5.96. The Morgan fingerprint density at radius 1 is 1.05 bits per heavy atom. The number of carbonyl (C=O) groups excluding carboxylic acids is 1. The SMILES string of the molecule is C#C.COCCN(C)C(C)=O.O=S(=O)(c1ccc(F)cc1)N1CCCc2cc(C(O)(C(F)(F)F)C(F)(F)F)ccc21. The maximum atomic E-state index is 13.1. The van der Waals surface area contributed by atoms with Crippen LogP contribution in [0.2, 0.25) is 0 Å². The largest absolute Gasteiger partial charge is 0.430 e. The van der Waals surface area contributed by atoms with E-state index in [-0.39, 0.29) is 41.4 Å². The van der Waals surface area contributed by atoms with E-state index < -0.39 is 39.4 Å². The first-order chi connectivity index (χ1) is 18.9. The molecule has 1 amide bonds. The number of sulfonamides is 1. The normalized spacial score (nSPS) is 13.6. The van der Waals surface area contributed by atoms with Gasteiger partial charge < -0.3 is 14.7 Å². The number of ether oxygens (including phenoxy) is 1. The van der Waals surface area contributed by atoms with Gasteiger partial charge >= 0.3 is 12.4 Å². The number of carbonyl (C=O) groups is 1. The standard InChI is InChI=1S/C18H14F7NO3S.C6H13NO2.C2H2/c19-13-4-6-14(7-5-13)30(28,29)26-9-1-2-11-10-12(3-8-15(11)26)16(27,17(20,21)22)18(23,24)25;1-6(8)7(2)4-5-9-3;1-2/h3-8,10,27H,1-2,9H2;4-5H2,1-3H3;1-2H. The van der Waals surface area contributed by atoms with Gasteiger partial charge in [0.2, 0.25) is 5.91 Å². The van der Waals surface area contributed by atoms with Gasteiger partial charge in [-0.15, -0.1) is 12.8 Å². The van der Waals surface area contributed by atoms with E-state index in [0.717, 1.165) is 34.6 Å². The number of aryl methyl sites for hydroxylation is 1. The van der Waals surface area contributed by atoms with Crippen molar-refractivity contribution in [2.45, 2.75) is 42.6 Å². The van der Waals surface area contributed by atoms with Crippen molar-refractivity contribution in [3.63, 3.8) is 0 Å². The van der Waals surface area contributed by atoms with Crippen molar-refractivity contribution in [1.29, 1.82) is 0 Å². The lowest BCUT2D eigenvalue weighted by Gasteiger charge is -2.35. The van der Waals surface area contributed by atoms with E-state index >= 15 is 0 Å². The number of alkyl halides is 6. The Bertz CT molecular complexity index is 1280. The fraction of sp³-hybridized carbons (Fsp3) is 0.423. The van der Waals surface area contributed by atoms with Crippen molar-refractivity contribution in [2.75, 3.05) is 38.2 Å². The molecule has 0 spiro atoms. The molecular formula is C26H29F7N2O5S. The second-order valence-corrected chi connectivity index (χ2v) is 10.5. The Kier molecular flexibility index (Phi) is 12.2. The molecule has 1 aliphatic heterocycles. The number of likely N-dealkylation sites (N-methyl/N-ethyl adjacent to an activating group) is 1. The van der Waals surface area contributed by atoms with Gasteiger partial charge in [-0.25, -0.2) is 12.8 Å². The number of terminal acetylenes is 1. The summed E-state index contributed by atoms with van der Waals surface area (Å²) in [6, 6.07) is 5.54. The number of halogens is 7. The maximum Gasteiger partial charge on any atom is 0.430 e. The summed E-state index contributed by atoms with van der Waals surface area (Å²) in [6.07, 6.45) is -3.97. The maximum absolute atomic E-state index is 13.1. The van der Waals surface area contributed by atoms with Crippen LogP contribution in [0.1, 0.15) is 24.5 Å². The number of amides is 1. The highest BCUT2D eigenvalue weighted by atomic mass is 32.2. The predicted molar refractivity (Wildman–Crippen MR) is 137 cm³/mol. The summed E-state index contributed by atoms with van der Waals surface area (Å²) < 4.78 is 123. The molecule has 0 unspecified atom stereocenters. The fourth-order valence-electron chi connectivity index (χ4n) is 3.64. The first-order valence-electron chi connectivity index (χ1n) is 11.7. The zero-order valence-corrected chi connectivity index (χ0v) is 23.1. The number of anilines is 1. The molecule has 0 aliphatic carbocycles. The van der Waals surface area contributed by atoms with E-state index in [9.17, 15) is 49.1 Å². The van der Waals surface area contributed by atoms with Crippen LogP contribution in [0.3, 0.4) is 0 Å². The fourth-order valence-corrected chi connectivity index (χ4v) is 5.19. The second-order valence-electron chi connectivity index (χ2n) is 8.62. The Morgan fingerprint density at radius 3 is 2.05 bits per heavy atom. The monoisotopic (exact) mass is 614 g/mol. The summed E-state index contributed by atoms with van der Waals surface area (Å²) in [5.41, 5.74) is -6.77. The van der Waals surface area contributed by atoms with E-state index in [1.54, 1.807) is 19.1 Å². The molecular weight excluding hydrogens is 585 g/mol. The van der Waals surface area contributed by atoms with Crippen molar-refractivity contribution in [2.24, 2.45) is 0 Å². The van der Waals surface area contributed by atoms with E-state index in [0.29, 0.717) is 25.3 Å². The molecule has 1 aliphatic rings. The van der Waals surface area contributed by atoms with E-state index in [1.165, 1.54) is 6.92 Å². The average molecular weight is 615 g/mol. The van der Waals surface area contributed by atoms with Crippen LogP contribution in [-0.2, 0) is 31.6 Å². The van der Waals surface area contributed by atoms with Gasteiger partial charge in [0.1, 0.15) is 5.82 Å². The third kappa shape index (κ3) is 8.11. The molecule has 15 heteroatoms. The van der Waals surface area contributed by atoms with Crippen LogP contribution in [0.5, 0.6) is 0 Å². The van der Waals surface area contributed by atoms with Crippen LogP contribution < -0.4 is 4.31 Å².